The predicted molar refractivity (Wildman–Crippen MR) is 93.6 cm³/mol. The van der Waals surface area contributed by atoms with Gasteiger partial charge in [-0.2, -0.15) is 0 Å². The molecule has 2 unspecified atom stereocenters. The molecule has 3 amide bonds. The number of nitrogens with zero attached hydrogens (tertiary/aromatic N) is 1. The summed E-state index contributed by atoms with van der Waals surface area (Å²) in [6.07, 6.45) is 3.78. The van der Waals surface area contributed by atoms with Crippen LogP contribution in [0.15, 0.2) is 18.2 Å². The maximum atomic E-state index is 13.0. The molecule has 1 N–H and O–H groups in total. The molecule has 0 radical (unpaired) electrons. The zero-order valence-electron chi connectivity index (χ0n) is 15.1. The number of urea groups is 1. The molecular weight excluding hydrogens is 320 g/mol. The Hall–Kier alpha value is -2.24. The minimum Gasteiger partial charge on any atom is -0.493 e. The highest BCUT2D eigenvalue weighted by atomic mass is 16.5. The largest absolute Gasteiger partial charge is 0.493 e. The predicted octanol–water partition coefficient (Wildman–Crippen LogP) is 3.09. The van der Waals surface area contributed by atoms with Gasteiger partial charge in [-0.05, 0) is 43.4 Å². The molecule has 2 fully saturated rings. The van der Waals surface area contributed by atoms with E-state index in [1.165, 1.54) is 4.90 Å². The molecule has 2 aliphatic rings. The van der Waals surface area contributed by atoms with E-state index < -0.39 is 5.54 Å². The third kappa shape index (κ3) is 3.05. The molecule has 1 aromatic rings. The lowest BCUT2D eigenvalue weighted by Gasteiger charge is -2.36. The van der Waals surface area contributed by atoms with Crippen molar-refractivity contribution in [3.63, 3.8) is 0 Å². The Kier molecular flexibility index (Phi) is 4.88. The summed E-state index contributed by atoms with van der Waals surface area (Å²) >= 11 is 0. The van der Waals surface area contributed by atoms with Gasteiger partial charge >= 0.3 is 6.03 Å². The summed E-state index contributed by atoms with van der Waals surface area (Å²) < 4.78 is 10.9. The average Bonchev–Trinajstić information content (AvgIpc) is 2.83. The van der Waals surface area contributed by atoms with Crippen molar-refractivity contribution in [2.75, 3.05) is 13.7 Å². The fourth-order valence-electron chi connectivity index (χ4n) is 3.91. The maximum Gasteiger partial charge on any atom is 0.325 e. The Balaban J connectivity index is 1.82. The summed E-state index contributed by atoms with van der Waals surface area (Å²) in [5.74, 6) is 1.33. The number of ether oxygens (including phenoxy) is 2. The van der Waals surface area contributed by atoms with E-state index in [-0.39, 0.29) is 24.4 Å². The Bertz CT molecular complexity index is 675. The molecular formula is C19H26N2O4. The molecule has 1 aliphatic heterocycles. The SMILES string of the molecule is CCOc1cc(CN2C(=O)NC3(CCCCC3C)C2=O)ccc1OC. The minimum absolute atomic E-state index is 0.0986. The van der Waals surface area contributed by atoms with Crippen LogP contribution >= 0.6 is 0 Å². The van der Waals surface area contributed by atoms with Gasteiger partial charge < -0.3 is 14.8 Å². The molecule has 2 atom stereocenters. The van der Waals surface area contributed by atoms with Crippen molar-refractivity contribution in [3.8, 4) is 11.5 Å². The van der Waals surface area contributed by atoms with Crippen molar-refractivity contribution in [2.45, 2.75) is 51.6 Å². The number of carbonyl (C=O) groups is 2. The van der Waals surface area contributed by atoms with Gasteiger partial charge in [0.05, 0.1) is 20.3 Å². The number of methoxy groups -OCH3 is 1. The van der Waals surface area contributed by atoms with Crippen LogP contribution in [0.1, 0.15) is 45.1 Å². The summed E-state index contributed by atoms with van der Waals surface area (Å²) in [5, 5.41) is 2.98. The lowest BCUT2D eigenvalue weighted by molar-refractivity contribution is -0.134. The van der Waals surface area contributed by atoms with Crippen LogP contribution in [0.4, 0.5) is 4.79 Å². The van der Waals surface area contributed by atoms with Gasteiger partial charge in [-0.3, -0.25) is 9.69 Å². The van der Waals surface area contributed by atoms with Crippen LogP contribution in [-0.2, 0) is 11.3 Å². The summed E-state index contributed by atoms with van der Waals surface area (Å²) in [6, 6.07) is 5.19. The number of nitrogens with one attached hydrogen (secondary N) is 1. The van der Waals surface area contributed by atoms with E-state index in [0.29, 0.717) is 18.1 Å². The lowest BCUT2D eigenvalue weighted by Crippen LogP contribution is -2.53. The van der Waals surface area contributed by atoms with E-state index in [1.54, 1.807) is 13.2 Å². The molecule has 1 saturated carbocycles. The van der Waals surface area contributed by atoms with E-state index in [0.717, 1.165) is 31.2 Å². The van der Waals surface area contributed by atoms with Crippen LogP contribution in [-0.4, -0.2) is 36.1 Å². The number of amides is 3. The highest BCUT2D eigenvalue weighted by Gasteiger charge is 2.54. The van der Waals surface area contributed by atoms with Gasteiger partial charge in [0.1, 0.15) is 5.54 Å². The second kappa shape index (κ2) is 6.94. The van der Waals surface area contributed by atoms with Crippen LogP contribution in [0.5, 0.6) is 11.5 Å². The van der Waals surface area contributed by atoms with E-state index in [2.05, 4.69) is 12.2 Å². The standard InChI is InChI=1S/C19H26N2O4/c1-4-25-16-11-14(8-9-15(16)24-3)12-21-17(22)19(20-18(21)23)10-6-5-7-13(19)2/h8-9,11,13H,4-7,10,12H2,1-3H3,(H,20,23). The van der Waals surface area contributed by atoms with Gasteiger partial charge in [0, 0.05) is 0 Å². The normalized spacial score (nSPS) is 26.0. The Morgan fingerprint density at radius 3 is 2.76 bits per heavy atom. The Morgan fingerprint density at radius 2 is 2.08 bits per heavy atom. The fourth-order valence-corrected chi connectivity index (χ4v) is 3.91. The van der Waals surface area contributed by atoms with Crippen LogP contribution in [0, 0.1) is 5.92 Å². The molecule has 25 heavy (non-hydrogen) atoms. The molecule has 0 aromatic heterocycles. The molecule has 1 aliphatic carbocycles. The number of benzene rings is 1. The van der Waals surface area contributed by atoms with Crippen LogP contribution in [0.3, 0.4) is 0 Å². The summed E-state index contributed by atoms with van der Waals surface area (Å²) in [4.78, 5) is 26.8. The highest BCUT2D eigenvalue weighted by Crippen LogP contribution is 2.39. The average molecular weight is 346 g/mol. The van der Waals surface area contributed by atoms with Crippen molar-refractivity contribution >= 4 is 11.9 Å². The molecule has 1 saturated heterocycles. The summed E-state index contributed by atoms with van der Waals surface area (Å²) in [6.45, 7) is 4.71. The van der Waals surface area contributed by atoms with Crippen molar-refractivity contribution in [1.82, 2.24) is 10.2 Å². The molecule has 1 spiro atoms. The molecule has 136 valence electrons. The van der Waals surface area contributed by atoms with Crippen molar-refractivity contribution < 1.29 is 19.1 Å². The van der Waals surface area contributed by atoms with Crippen LogP contribution < -0.4 is 14.8 Å². The third-order valence-corrected chi connectivity index (χ3v) is 5.37. The maximum absolute atomic E-state index is 13.0. The number of rotatable bonds is 5. The van der Waals surface area contributed by atoms with Crippen molar-refractivity contribution in [2.24, 2.45) is 5.92 Å². The second-order valence-corrected chi connectivity index (χ2v) is 6.86. The molecule has 6 heteroatoms. The van der Waals surface area contributed by atoms with E-state index in [1.807, 2.05) is 19.1 Å². The topological polar surface area (TPSA) is 67.9 Å². The Morgan fingerprint density at radius 1 is 1.28 bits per heavy atom. The quantitative estimate of drug-likeness (QED) is 0.832. The number of hydrogen-bond acceptors (Lipinski definition) is 4. The van der Waals surface area contributed by atoms with Gasteiger partial charge in [0.2, 0.25) is 0 Å². The van der Waals surface area contributed by atoms with E-state index in [4.69, 9.17) is 9.47 Å². The van der Waals surface area contributed by atoms with Crippen molar-refractivity contribution in [3.05, 3.63) is 23.8 Å². The second-order valence-electron chi connectivity index (χ2n) is 6.86. The number of hydrogen-bond donors (Lipinski definition) is 1. The molecule has 6 nitrogen and oxygen atoms in total. The third-order valence-electron chi connectivity index (χ3n) is 5.37. The molecule has 1 heterocycles. The van der Waals surface area contributed by atoms with Crippen molar-refractivity contribution in [1.29, 1.82) is 0 Å². The molecule has 1 aromatic carbocycles. The van der Waals surface area contributed by atoms with Gasteiger partial charge in [0.15, 0.2) is 11.5 Å². The first-order chi connectivity index (χ1) is 12.0. The van der Waals surface area contributed by atoms with Gasteiger partial charge in [-0.1, -0.05) is 25.8 Å². The molecule has 3 rings (SSSR count). The first-order valence-electron chi connectivity index (χ1n) is 8.95. The zero-order valence-corrected chi connectivity index (χ0v) is 15.1. The highest BCUT2D eigenvalue weighted by molar-refractivity contribution is 6.07. The van der Waals surface area contributed by atoms with E-state index >= 15 is 0 Å². The first-order valence-corrected chi connectivity index (χ1v) is 8.95. The smallest absolute Gasteiger partial charge is 0.325 e. The minimum atomic E-state index is -0.718. The first kappa shape index (κ1) is 17.6. The fraction of sp³-hybridized carbons (Fsp3) is 0.579. The summed E-state index contributed by atoms with van der Waals surface area (Å²) in [7, 11) is 1.59. The number of carbonyl (C=O) groups excluding carboxylic acids is 2. The van der Waals surface area contributed by atoms with Crippen LogP contribution in [0.2, 0.25) is 0 Å². The van der Waals surface area contributed by atoms with Gasteiger partial charge in [-0.15, -0.1) is 0 Å². The monoisotopic (exact) mass is 346 g/mol. The lowest BCUT2D eigenvalue weighted by atomic mass is 9.73. The Labute approximate surface area is 148 Å². The zero-order chi connectivity index (χ0) is 18.0. The molecule has 0 bridgehead atoms. The number of imide groups is 1. The summed E-state index contributed by atoms with van der Waals surface area (Å²) in [5.41, 5.74) is 0.123. The van der Waals surface area contributed by atoms with Gasteiger partial charge in [0.25, 0.3) is 5.91 Å². The van der Waals surface area contributed by atoms with E-state index in [9.17, 15) is 9.59 Å². The van der Waals surface area contributed by atoms with Crippen LogP contribution in [0.25, 0.3) is 0 Å². The van der Waals surface area contributed by atoms with Gasteiger partial charge in [-0.25, -0.2) is 4.79 Å².